The highest BCUT2D eigenvalue weighted by molar-refractivity contribution is 6.01. The number of nitrogens with zero attached hydrogens (tertiary/aromatic N) is 1. The molecule has 0 aliphatic carbocycles. The lowest BCUT2D eigenvalue weighted by Gasteiger charge is -2.14. The minimum absolute atomic E-state index is 0.183. The Morgan fingerprint density at radius 3 is 2.59 bits per heavy atom. The van der Waals surface area contributed by atoms with Crippen LogP contribution < -0.4 is 9.47 Å². The Balaban J connectivity index is 1.67. The second kappa shape index (κ2) is 9.13. The normalized spacial score (nSPS) is 15.9. The third-order valence-electron chi connectivity index (χ3n) is 5.25. The molecule has 1 atom stereocenters. The molecule has 0 radical (unpaired) electrons. The van der Waals surface area contributed by atoms with E-state index in [1.54, 1.807) is 18.2 Å². The summed E-state index contributed by atoms with van der Waals surface area (Å²) < 4.78 is 23.4. The zero-order valence-electron chi connectivity index (χ0n) is 17.3. The fourth-order valence-corrected chi connectivity index (χ4v) is 3.61. The van der Waals surface area contributed by atoms with Gasteiger partial charge in [0.15, 0.2) is 6.61 Å². The minimum atomic E-state index is -0.619. The Hall–Kier alpha value is -2.80. The van der Waals surface area contributed by atoms with Gasteiger partial charge in [-0.25, -0.2) is 4.79 Å². The van der Waals surface area contributed by atoms with Crippen LogP contribution in [-0.4, -0.2) is 49.9 Å². The maximum absolute atomic E-state index is 12.7. The van der Waals surface area contributed by atoms with Gasteiger partial charge in [-0.05, 0) is 44.9 Å². The molecule has 1 fully saturated rings. The van der Waals surface area contributed by atoms with Crippen molar-refractivity contribution < 1.29 is 28.5 Å². The quantitative estimate of drug-likeness (QED) is 0.499. The number of benzene rings is 1. The number of rotatable bonds is 8. The van der Waals surface area contributed by atoms with E-state index in [0.717, 1.165) is 37.4 Å². The number of ketones is 1. The number of esters is 1. The summed E-state index contributed by atoms with van der Waals surface area (Å²) in [4.78, 5) is 25.1. The molecule has 7 nitrogen and oxygen atoms in total. The molecule has 2 heterocycles. The van der Waals surface area contributed by atoms with Crippen molar-refractivity contribution in [3.8, 4) is 11.5 Å². The summed E-state index contributed by atoms with van der Waals surface area (Å²) in [6, 6.07) is 6.63. The standard InChI is InChI=1S/C22H27NO6/c1-14-10-19(15(2)23(14)12-17-6-5-9-28-17)20(24)13-29-22(25)18-8-7-16(26-3)11-21(18)27-4/h7-8,10-11,17H,5-6,9,12-13H2,1-4H3/t17-/m1/s1. The monoisotopic (exact) mass is 401 g/mol. The lowest BCUT2D eigenvalue weighted by atomic mass is 10.1. The maximum atomic E-state index is 12.7. The number of aryl methyl sites for hydroxylation is 1. The first kappa shape index (κ1) is 20.9. The van der Waals surface area contributed by atoms with Crippen molar-refractivity contribution in [1.82, 2.24) is 4.57 Å². The molecular formula is C22H27NO6. The van der Waals surface area contributed by atoms with Gasteiger partial charge < -0.3 is 23.5 Å². The van der Waals surface area contributed by atoms with Crippen LogP contribution in [0.2, 0.25) is 0 Å². The Morgan fingerprint density at radius 1 is 1.14 bits per heavy atom. The topological polar surface area (TPSA) is 76.0 Å². The highest BCUT2D eigenvalue weighted by Gasteiger charge is 2.22. The molecule has 0 unspecified atom stereocenters. The summed E-state index contributed by atoms with van der Waals surface area (Å²) in [6.07, 6.45) is 2.28. The van der Waals surface area contributed by atoms with Gasteiger partial charge >= 0.3 is 5.97 Å². The molecule has 29 heavy (non-hydrogen) atoms. The zero-order chi connectivity index (χ0) is 21.0. The van der Waals surface area contributed by atoms with Crippen molar-refractivity contribution in [2.75, 3.05) is 27.4 Å². The third-order valence-corrected chi connectivity index (χ3v) is 5.25. The van der Waals surface area contributed by atoms with Crippen molar-refractivity contribution in [3.63, 3.8) is 0 Å². The van der Waals surface area contributed by atoms with Crippen LogP contribution in [0.3, 0.4) is 0 Å². The van der Waals surface area contributed by atoms with Gasteiger partial charge in [-0.15, -0.1) is 0 Å². The van der Waals surface area contributed by atoms with Crippen molar-refractivity contribution in [2.45, 2.75) is 39.3 Å². The number of aromatic nitrogens is 1. The molecule has 1 aliphatic rings. The predicted octanol–water partition coefficient (Wildman–Crippen LogP) is 3.34. The van der Waals surface area contributed by atoms with Crippen molar-refractivity contribution in [3.05, 3.63) is 46.8 Å². The number of ether oxygens (including phenoxy) is 4. The number of hydrogen-bond donors (Lipinski definition) is 0. The van der Waals surface area contributed by atoms with Gasteiger partial charge in [0, 0.05) is 36.2 Å². The Bertz CT molecular complexity index is 895. The van der Waals surface area contributed by atoms with Gasteiger partial charge in [0.25, 0.3) is 0 Å². The fourth-order valence-electron chi connectivity index (χ4n) is 3.61. The van der Waals surface area contributed by atoms with E-state index in [1.807, 2.05) is 19.9 Å². The van der Waals surface area contributed by atoms with E-state index in [9.17, 15) is 9.59 Å². The van der Waals surface area contributed by atoms with Crippen molar-refractivity contribution in [1.29, 1.82) is 0 Å². The Morgan fingerprint density at radius 2 is 1.93 bits per heavy atom. The molecular weight excluding hydrogens is 374 g/mol. The summed E-state index contributed by atoms with van der Waals surface area (Å²) in [5, 5.41) is 0. The van der Waals surface area contributed by atoms with Gasteiger partial charge in [0.05, 0.1) is 20.3 Å². The van der Waals surface area contributed by atoms with E-state index in [0.29, 0.717) is 17.1 Å². The molecule has 1 saturated heterocycles. The van der Waals surface area contributed by atoms with Crippen LogP contribution in [0.15, 0.2) is 24.3 Å². The first-order chi connectivity index (χ1) is 13.9. The van der Waals surface area contributed by atoms with Crippen LogP contribution in [0.4, 0.5) is 0 Å². The number of carbonyl (C=O) groups excluding carboxylic acids is 2. The van der Waals surface area contributed by atoms with E-state index < -0.39 is 5.97 Å². The van der Waals surface area contributed by atoms with E-state index in [-0.39, 0.29) is 24.1 Å². The molecule has 2 aromatic rings. The SMILES string of the molecule is COc1ccc(C(=O)OCC(=O)c2cc(C)n(C[C@H]3CCCO3)c2C)c(OC)c1. The lowest BCUT2D eigenvalue weighted by Crippen LogP contribution is -2.18. The maximum Gasteiger partial charge on any atom is 0.342 e. The van der Waals surface area contributed by atoms with Crippen LogP contribution in [0.1, 0.15) is 44.9 Å². The first-order valence-corrected chi connectivity index (χ1v) is 9.65. The van der Waals surface area contributed by atoms with Gasteiger partial charge in [0.1, 0.15) is 17.1 Å². The lowest BCUT2D eigenvalue weighted by molar-refractivity contribution is 0.0471. The molecule has 0 N–H and O–H groups in total. The average molecular weight is 401 g/mol. The van der Waals surface area contributed by atoms with Crippen LogP contribution in [0, 0.1) is 13.8 Å². The smallest absolute Gasteiger partial charge is 0.342 e. The van der Waals surface area contributed by atoms with Crippen LogP contribution in [0.5, 0.6) is 11.5 Å². The summed E-state index contributed by atoms with van der Waals surface area (Å²) in [6.45, 7) is 5.06. The molecule has 0 bridgehead atoms. The van der Waals surface area contributed by atoms with Crippen LogP contribution >= 0.6 is 0 Å². The van der Waals surface area contributed by atoms with Gasteiger partial charge in [-0.1, -0.05) is 0 Å². The van der Waals surface area contributed by atoms with E-state index in [4.69, 9.17) is 18.9 Å². The highest BCUT2D eigenvalue weighted by Crippen LogP contribution is 2.25. The molecule has 1 aliphatic heterocycles. The summed E-state index contributed by atoms with van der Waals surface area (Å²) in [5.74, 6) is 0.0354. The predicted molar refractivity (Wildman–Crippen MR) is 107 cm³/mol. The number of hydrogen-bond acceptors (Lipinski definition) is 6. The minimum Gasteiger partial charge on any atom is -0.497 e. The van der Waals surface area contributed by atoms with E-state index in [2.05, 4.69) is 4.57 Å². The van der Waals surface area contributed by atoms with Crippen LogP contribution in [0.25, 0.3) is 0 Å². The molecule has 0 spiro atoms. The third kappa shape index (κ3) is 4.62. The number of Topliss-reactive ketones (excluding diaryl/α,β-unsaturated/α-hetero) is 1. The molecule has 1 aromatic heterocycles. The van der Waals surface area contributed by atoms with E-state index in [1.165, 1.54) is 14.2 Å². The summed E-state index contributed by atoms with van der Waals surface area (Å²) in [7, 11) is 2.99. The number of methoxy groups -OCH3 is 2. The van der Waals surface area contributed by atoms with Crippen molar-refractivity contribution in [2.24, 2.45) is 0 Å². The van der Waals surface area contributed by atoms with Crippen LogP contribution in [-0.2, 0) is 16.0 Å². The summed E-state index contributed by atoms with van der Waals surface area (Å²) >= 11 is 0. The van der Waals surface area contributed by atoms with Gasteiger partial charge in [-0.2, -0.15) is 0 Å². The number of carbonyl (C=O) groups is 2. The molecule has 0 amide bonds. The Labute approximate surface area is 170 Å². The molecule has 1 aromatic carbocycles. The largest absolute Gasteiger partial charge is 0.497 e. The van der Waals surface area contributed by atoms with Gasteiger partial charge in [0.2, 0.25) is 5.78 Å². The fraction of sp³-hybridized carbons (Fsp3) is 0.455. The second-order valence-corrected chi connectivity index (χ2v) is 7.10. The van der Waals surface area contributed by atoms with Crippen molar-refractivity contribution >= 4 is 11.8 Å². The van der Waals surface area contributed by atoms with E-state index >= 15 is 0 Å². The zero-order valence-corrected chi connectivity index (χ0v) is 17.3. The first-order valence-electron chi connectivity index (χ1n) is 9.65. The molecule has 156 valence electrons. The molecule has 0 saturated carbocycles. The Kier molecular flexibility index (Phi) is 6.59. The summed E-state index contributed by atoms with van der Waals surface area (Å²) in [5.41, 5.74) is 2.66. The van der Waals surface area contributed by atoms with Gasteiger partial charge in [-0.3, -0.25) is 4.79 Å². The molecule has 7 heteroatoms. The second-order valence-electron chi connectivity index (χ2n) is 7.10. The average Bonchev–Trinajstić information content (AvgIpc) is 3.35. The molecule has 3 rings (SSSR count). The highest BCUT2D eigenvalue weighted by atomic mass is 16.5.